The summed E-state index contributed by atoms with van der Waals surface area (Å²) in [6.45, 7) is 2.83. The lowest BCUT2D eigenvalue weighted by atomic mass is 10.1. The number of halogens is 4. The van der Waals surface area contributed by atoms with Gasteiger partial charge in [0.05, 0.1) is 18.8 Å². The first-order valence-corrected chi connectivity index (χ1v) is 8.03. The van der Waals surface area contributed by atoms with E-state index in [4.69, 9.17) is 11.6 Å². The Labute approximate surface area is 147 Å². The van der Waals surface area contributed by atoms with Crippen LogP contribution in [0.3, 0.4) is 0 Å². The summed E-state index contributed by atoms with van der Waals surface area (Å²) in [4.78, 5) is 13.8. The maximum absolute atomic E-state index is 12.7. The lowest BCUT2D eigenvalue weighted by molar-refractivity contribution is -0.141. The van der Waals surface area contributed by atoms with Crippen LogP contribution in [-0.2, 0) is 25.8 Å². The zero-order chi connectivity index (χ0) is 18.2. The molecule has 1 N–H and O–H groups in total. The molecule has 1 aliphatic heterocycles. The van der Waals surface area contributed by atoms with Gasteiger partial charge in [0, 0.05) is 18.1 Å². The number of benzene rings is 1. The lowest BCUT2D eigenvalue weighted by Gasteiger charge is -2.27. The number of hydrogen-bond donors (Lipinski definition) is 1. The lowest BCUT2D eigenvalue weighted by Crippen LogP contribution is -2.44. The van der Waals surface area contributed by atoms with Gasteiger partial charge in [-0.3, -0.25) is 4.68 Å². The Kier molecular flexibility index (Phi) is 4.64. The highest BCUT2D eigenvalue weighted by Gasteiger charge is 2.36. The fourth-order valence-corrected chi connectivity index (χ4v) is 2.89. The summed E-state index contributed by atoms with van der Waals surface area (Å²) in [6.07, 6.45) is -4.48. The van der Waals surface area contributed by atoms with Gasteiger partial charge in [-0.05, 0) is 36.2 Å². The Morgan fingerprint density at radius 1 is 1.32 bits per heavy atom. The van der Waals surface area contributed by atoms with E-state index in [1.54, 1.807) is 12.1 Å². The van der Waals surface area contributed by atoms with Gasteiger partial charge in [-0.1, -0.05) is 17.7 Å². The molecule has 0 spiro atoms. The molecule has 1 aromatic heterocycles. The summed E-state index contributed by atoms with van der Waals surface area (Å²) < 4.78 is 39.5. The van der Waals surface area contributed by atoms with Crippen molar-refractivity contribution in [3.05, 3.63) is 51.8 Å². The number of carbonyl (C=O) groups excluding carboxylic acids is 1. The van der Waals surface area contributed by atoms with Gasteiger partial charge in [-0.2, -0.15) is 18.3 Å². The van der Waals surface area contributed by atoms with Gasteiger partial charge in [0.2, 0.25) is 0 Å². The van der Waals surface area contributed by atoms with E-state index in [0.717, 1.165) is 17.2 Å². The molecule has 0 radical (unpaired) electrons. The molecule has 2 heterocycles. The van der Waals surface area contributed by atoms with E-state index in [1.807, 2.05) is 13.0 Å². The van der Waals surface area contributed by atoms with E-state index in [-0.39, 0.29) is 19.1 Å². The van der Waals surface area contributed by atoms with Crippen LogP contribution in [0, 0.1) is 6.92 Å². The summed E-state index contributed by atoms with van der Waals surface area (Å²) in [7, 11) is 0. The monoisotopic (exact) mass is 372 g/mol. The third kappa shape index (κ3) is 3.89. The summed E-state index contributed by atoms with van der Waals surface area (Å²) in [5.41, 5.74) is 1.32. The first-order valence-electron chi connectivity index (χ1n) is 7.66. The van der Waals surface area contributed by atoms with Crippen molar-refractivity contribution in [3.63, 3.8) is 0 Å². The summed E-state index contributed by atoms with van der Waals surface area (Å²) >= 11 is 5.95. The van der Waals surface area contributed by atoms with Gasteiger partial charge in [0.1, 0.15) is 0 Å². The first-order chi connectivity index (χ1) is 11.7. The second-order valence-corrected chi connectivity index (χ2v) is 6.33. The van der Waals surface area contributed by atoms with Crippen molar-refractivity contribution in [1.29, 1.82) is 0 Å². The van der Waals surface area contributed by atoms with Gasteiger partial charge in [-0.15, -0.1) is 0 Å². The topological polar surface area (TPSA) is 50.2 Å². The van der Waals surface area contributed by atoms with Crippen LogP contribution in [0.4, 0.5) is 18.0 Å². The minimum absolute atomic E-state index is 0.0867. The number of amides is 2. The van der Waals surface area contributed by atoms with E-state index >= 15 is 0 Å². The van der Waals surface area contributed by atoms with Crippen LogP contribution in [0.5, 0.6) is 0 Å². The van der Waals surface area contributed by atoms with Crippen LogP contribution < -0.4 is 5.32 Å². The second kappa shape index (κ2) is 6.59. The number of fused-ring (bicyclic) bond motifs is 1. The van der Waals surface area contributed by atoms with E-state index in [2.05, 4.69) is 10.4 Å². The van der Waals surface area contributed by atoms with Crippen molar-refractivity contribution in [2.75, 3.05) is 6.54 Å². The van der Waals surface area contributed by atoms with Crippen LogP contribution >= 0.6 is 11.6 Å². The molecule has 1 aromatic carbocycles. The van der Waals surface area contributed by atoms with Crippen LogP contribution in [0.2, 0.25) is 5.02 Å². The highest BCUT2D eigenvalue weighted by atomic mass is 35.5. The zero-order valence-corrected chi connectivity index (χ0v) is 14.2. The van der Waals surface area contributed by atoms with Crippen molar-refractivity contribution < 1.29 is 18.0 Å². The Morgan fingerprint density at radius 3 is 2.80 bits per heavy atom. The van der Waals surface area contributed by atoms with Crippen LogP contribution in [0.1, 0.15) is 22.5 Å². The molecule has 0 saturated carbocycles. The quantitative estimate of drug-likeness (QED) is 0.875. The van der Waals surface area contributed by atoms with Crippen molar-refractivity contribution in [3.8, 4) is 0 Å². The minimum Gasteiger partial charge on any atom is -0.334 e. The number of alkyl halides is 3. The predicted octanol–water partition coefficient (Wildman–Crippen LogP) is 3.59. The third-order valence-electron chi connectivity index (χ3n) is 4.12. The molecule has 3 rings (SSSR count). The summed E-state index contributed by atoms with van der Waals surface area (Å²) in [5, 5.41) is 6.91. The van der Waals surface area contributed by atoms with Crippen molar-refractivity contribution in [2.24, 2.45) is 0 Å². The van der Waals surface area contributed by atoms with Crippen LogP contribution in [-0.4, -0.2) is 27.3 Å². The van der Waals surface area contributed by atoms with Gasteiger partial charge < -0.3 is 10.2 Å². The highest BCUT2D eigenvalue weighted by molar-refractivity contribution is 6.30. The molecule has 0 bridgehead atoms. The van der Waals surface area contributed by atoms with E-state index < -0.39 is 11.9 Å². The van der Waals surface area contributed by atoms with Crippen LogP contribution in [0.15, 0.2) is 24.3 Å². The molecule has 134 valence electrons. The number of aromatic nitrogens is 2. The molecule has 0 saturated heterocycles. The van der Waals surface area contributed by atoms with Crippen LogP contribution in [0.25, 0.3) is 0 Å². The van der Waals surface area contributed by atoms with Crippen molar-refractivity contribution >= 4 is 17.6 Å². The number of rotatable bonds is 2. The predicted molar refractivity (Wildman–Crippen MR) is 86.1 cm³/mol. The van der Waals surface area contributed by atoms with E-state index in [1.165, 1.54) is 9.58 Å². The summed E-state index contributed by atoms with van der Waals surface area (Å²) in [6, 6.07) is 6.06. The average molecular weight is 373 g/mol. The average Bonchev–Trinajstić information content (AvgIpc) is 2.99. The Balaban J connectivity index is 1.64. The Morgan fingerprint density at radius 2 is 2.08 bits per heavy atom. The maximum Gasteiger partial charge on any atom is 0.435 e. The SMILES string of the molecule is Cc1ccc(Cl)cc1CNC(=O)N1CCn2nc(C(F)(F)F)cc2C1. The molecule has 0 unspecified atom stereocenters. The largest absolute Gasteiger partial charge is 0.435 e. The summed E-state index contributed by atoms with van der Waals surface area (Å²) in [5.74, 6) is 0. The minimum atomic E-state index is -4.48. The second-order valence-electron chi connectivity index (χ2n) is 5.89. The molecular formula is C16H16ClF3N4O. The van der Waals surface area contributed by atoms with Crippen molar-refractivity contribution in [1.82, 2.24) is 20.0 Å². The Bertz CT molecular complexity index is 803. The molecule has 9 heteroatoms. The molecule has 0 fully saturated rings. The molecule has 2 amide bonds. The van der Waals surface area contributed by atoms with E-state index in [0.29, 0.717) is 23.8 Å². The maximum atomic E-state index is 12.7. The number of urea groups is 1. The van der Waals surface area contributed by atoms with Gasteiger partial charge in [-0.25, -0.2) is 4.79 Å². The molecule has 25 heavy (non-hydrogen) atoms. The number of carbonyl (C=O) groups is 1. The number of aryl methyl sites for hydroxylation is 1. The number of hydrogen-bond acceptors (Lipinski definition) is 2. The zero-order valence-electron chi connectivity index (χ0n) is 13.4. The molecule has 5 nitrogen and oxygen atoms in total. The standard InChI is InChI=1S/C16H16ClF3N4O/c1-10-2-3-12(17)6-11(10)8-21-15(25)23-4-5-24-13(9-23)7-14(22-24)16(18,19)20/h2-3,6-7H,4-5,8-9H2,1H3,(H,21,25). The fourth-order valence-electron chi connectivity index (χ4n) is 2.69. The van der Waals surface area contributed by atoms with Gasteiger partial charge in [0.15, 0.2) is 5.69 Å². The van der Waals surface area contributed by atoms with Crippen molar-refractivity contribution in [2.45, 2.75) is 32.7 Å². The number of nitrogens with zero attached hydrogens (tertiary/aromatic N) is 3. The number of nitrogens with one attached hydrogen (secondary N) is 1. The smallest absolute Gasteiger partial charge is 0.334 e. The first kappa shape index (κ1) is 17.6. The highest BCUT2D eigenvalue weighted by Crippen LogP contribution is 2.29. The molecule has 1 aliphatic rings. The Hall–Kier alpha value is -2.22. The normalized spacial score (nSPS) is 14.4. The molecule has 2 aromatic rings. The molecule has 0 aliphatic carbocycles. The fraction of sp³-hybridized carbons (Fsp3) is 0.375. The molecular weight excluding hydrogens is 357 g/mol. The van der Waals surface area contributed by atoms with Gasteiger partial charge in [0.25, 0.3) is 0 Å². The van der Waals surface area contributed by atoms with Gasteiger partial charge >= 0.3 is 12.2 Å². The van der Waals surface area contributed by atoms with E-state index in [9.17, 15) is 18.0 Å². The third-order valence-corrected chi connectivity index (χ3v) is 4.35. The molecule has 0 atom stereocenters.